The predicted molar refractivity (Wildman–Crippen MR) is 76.6 cm³/mol. The third-order valence-corrected chi connectivity index (χ3v) is 4.61. The fourth-order valence-corrected chi connectivity index (χ4v) is 3.14. The lowest BCUT2D eigenvalue weighted by atomic mass is 9.73. The van der Waals surface area contributed by atoms with Crippen LogP contribution in [0.2, 0.25) is 0 Å². The molecule has 0 spiro atoms. The van der Waals surface area contributed by atoms with Crippen LogP contribution in [-0.4, -0.2) is 30.6 Å². The summed E-state index contributed by atoms with van der Waals surface area (Å²) >= 11 is 0. The lowest BCUT2D eigenvalue weighted by molar-refractivity contribution is 0.127. The lowest BCUT2D eigenvalue weighted by Crippen LogP contribution is -2.42. The molecular weight excluding hydrogens is 232 g/mol. The molecule has 17 heavy (non-hydrogen) atoms. The molecule has 2 rings (SSSR count). The van der Waals surface area contributed by atoms with E-state index in [1.807, 2.05) is 0 Å². The number of piperidine rings is 1. The van der Waals surface area contributed by atoms with Crippen LogP contribution in [-0.2, 0) is 0 Å². The molecule has 0 unspecified atom stereocenters. The monoisotopic (exact) mass is 260 g/mol. The van der Waals surface area contributed by atoms with E-state index in [0.29, 0.717) is 11.5 Å². The molecule has 2 aliphatic rings. The van der Waals surface area contributed by atoms with Crippen molar-refractivity contribution in [3.8, 4) is 0 Å². The molecular formula is C14H29ClN2. The average molecular weight is 261 g/mol. The minimum atomic E-state index is 0. The molecule has 1 saturated heterocycles. The fraction of sp³-hybridized carbons (Fsp3) is 1.00. The molecule has 2 nitrogen and oxygen atoms in total. The second-order valence-corrected chi connectivity index (χ2v) is 6.75. The summed E-state index contributed by atoms with van der Waals surface area (Å²) in [5.41, 5.74) is 6.55. The second kappa shape index (κ2) is 6.40. The first-order chi connectivity index (χ1) is 7.55. The summed E-state index contributed by atoms with van der Waals surface area (Å²) in [6.07, 6.45) is 8.14. The molecule has 0 aromatic carbocycles. The van der Waals surface area contributed by atoms with Gasteiger partial charge in [0.15, 0.2) is 0 Å². The van der Waals surface area contributed by atoms with Crippen LogP contribution in [0.1, 0.15) is 52.4 Å². The second-order valence-electron chi connectivity index (χ2n) is 6.75. The lowest BCUT2D eigenvalue weighted by Gasteiger charge is -2.38. The van der Waals surface area contributed by atoms with Gasteiger partial charge < -0.3 is 10.6 Å². The van der Waals surface area contributed by atoms with Crippen molar-refractivity contribution in [3.05, 3.63) is 0 Å². The molecule has 0 aromatic heterocycles. The van der Waals surface area contributed by atoms with Gasteiger partial charge in [0, 0.05) is 12.6 Å². The van der Waals surface area contributed by atoms with E-state index in [4.69, 9.17) is 5.73 Å². The molecule has 1 aliphatic heterocycles. The first-order valence-corrected chi connectivity index (χ1v) is 7.03. The zero-order valence-corrected chi connectivity index (χ0v) is 12.3. The average Bonchev–Trinajstić information content (AvgIpc) is 2.24. The quantitative estimate of drug-likeness (QED) is 0.827. The number of nitrogens with zero attached hydrogens (tertiary/aromatic N) is 1. The molecule has 1 aliphatic carbocycles. The van der Waals surface area contributed by atoms with E-state index in [0.717, 1.165) is 5.92 Å². The molecule has 102 valence electrons. The van der Waals surface area contributed by atoms with Crippen LogP contribution in [0.25, 0.3) is 0 Å². The third-order valence-electron chi connectivity index (χ3n) is 4.61. The van der Waals surface area contributed by atoms with Crippen LogP contribution in [0.5, 0.6) is 0 Å². The van der Waals surface area contributed by atoms with Crippen molar-refractivity contribution in [1.82, 2.24) is 4.90 Å². The summed E-state index contributed by atoms with van der Waals surface area (Å²) in [4.78, 5) is 2.65. The van der Waals surface area contributed by atoms with Crippen molar-refractivity contribution in [2.24, 2.45) is 17.1 Å². The van der Waals surface area contributed by atoms with Gasteiger partial charge in [0.2, 0.25) is 0 Å². The minimum absolute atomic E-state index is 0. The molecule has 0 radical (unpaired) electrons. The van der Waals surface area contributed by atoms with Crippen molar-refractivity contribution in [3.63, 3.8) is 0 Å². The van der Waals surface area contributed by atoms with E-state index in [9.17, 15) is 0 Å². The van der Waals surface area contributed by atoms with Gasteiger partial charge in [-0.1, -0.05) is 13.8 Å². The number of hydrogen-bond acceptors (Lipinski definition) is 2. The van der Waals surface area contributed by atoms with Crippen LogP contribution in [0.15, 0.2) is 0 Å². The summed E-state index contributed by atoms with van der Waals surface area (Å²) in [5.74, 6) is 0.961. The normalized spacial score (nSPS) is 27.7. The number of rotatable bonds is 2. The van der Waals surface area contributed by atoms with E-state index in [1.54, 1.807) is 0 Å². The number of halogens is 1. The smallest absolute Gasteiger partial charge is 0.00631 e. The molecule has 0 atom stereocenters. The van der Waals surface area contributed by atoms with Gasteiger partial charge in [-0.15, -0.1) is 12.4 Å². The highest BCUT2D eigenvalue weighted by atomic mass is 35.5. The van der Waals surface area contributed by atoms with Gasteiger partial charge in [0.1, 0.15) is 0 Å². The Kier molecular flexibility index (Phi) is 5.75. The van der Waals surface area contributed by atoms with Crippen LogP contribution in [0, 0.1) is 11.3 Å². The van der Waals surface area contributed by atoms with E-state index in [1.165, 1.54) is 58.2 Å². The highest BCUT2D eigenvalue weighted by Crippen LogP contribution is 2.38. The van der Waals surface area contributed by atoms with Crippen LogP contribution >= 0.6 is 12.4 Å². The zero-order chi connectivity index (χ0) is 11.6. The SMILES string of the molecule is CC1(C)CCC(CN2CCC(N)CC2)CC1.Cl. The Balaban J connectivity index is 0.00000144. The Morgan fingerprint density at radius 1 is 1.06 bits per heavy atom. The highest BCUT2D eigenvalue weighted by molar-refractivity contribution is 5.85. The Morgan fingerprint density at radius 2 is 1.59 bits per heavy atom. The maximum atomic E-state index is 5.94. The number of hydrogen-bond donors (Lipinski definition) is 1. The van der Waals surface area contributed by atoms with E-state index in [2.05, 4.69) is 18.7 Å². The van der Waals surface area contributed by atoms with Gasteiger partial charge in [-0.2, -0.15) is 0 Å². The van der Waals surface area contributed by atoms with Gasteiger partial charge in [0.05, 0.1) is 0 Å². The van der Waals surface area contributed by atoms with Gasteiger partial charge in [-0.25, -0.2) is 0 Å². The molecule has 0 bridgehead atoms. The maximum Gasteiger partial charge on any atom is 0.00631 e. The highest BCUT2D eigenvalue weighted by Gasteiger charge is 2.28. The van der Waals surface area contributed by atoms with Crippen molar-refractivity contribution in [2.75, 3.05) is 19.6 Å². The summed E-state index contributed by atoms with van der Waals surface area (Å²) in [6.45, 7) is 8.65. The predicted octanol–water partition coefficient (Wildman–Crippen LogP) is 3.05. The van der Waals surface area contributed by atoms with Crippen molar-refractivity contribution in [1.29, 1.82) is 0 Å². The van der Waals surface area contributed by atoms with E-state index in [-0.39, 0.29) is 12.4 Å². The van der Waals surface area contributed by atoms with Gasteiger partial charge in [0.25, 0.3) is 0 Å². The van der Waals surface area contributed by atoms with Crippen molar-refractivity contribution in [2.45, 2.75) is 58.4 Å². The van der Waals surface area contributed by atoms with Crippen LogP contribution < -0.4 is 5.73 Å². The Labute approximate surface area is 113 Å². The summed E-state index contributed by atoms with van der Waals surface area (Å²) in [5, 5.41) is 0. The Morgan fingerprint density at radius 3 is 2.12 bits per heavy atom. The van der Waals surface area contributed by atoms with Crippen LogP contribution in [0.4, 0.5) is 0 Å². The fourth-order valence-electron chi connectivity index (χ4n) is 3.14. The zero-order valence-electron chi connectivity index (χ0n) is 11.5. The summed E-state index contributed by atoms with van der Waals surface area (Å²) in [7, 11) is 0. The first kappa shape index (κ1) is 15.3. The molecule has 2 N–H and O–H groups in total. The minimum Gasteiger partial charge on any atom is -0.328 e. The number of likely N-dealkylation sites (tertiary alicyclic amines) is 1. The van der Waals surface area contributed by atoms with E-state index < -0.39 is 0 Å². The van der Waals surface area contributed by atoms with Crippen molar-refractivity contribution < 1.29 is 0 Å². The largest absolute Gasteiger partial charge is 0.328 e. The molecule has 1 heterocycles. The standard InChI is InChI=1S/C14H28N2.ClH/c1-14(2)7-3-12(4-8-14)11-16-9-5-13(15)6-10-16;/h12-13H,3-11,15H2,1-2H3;1H. The summed E-state index contributed by atoms with van der Waals surface area (Å²) in [6, 6.07) is 0.474. The molecule has 2 fully saturated rings. The Bertz CT molecular complexity index is 212. The number of nitrogens with two attached hydrogens (primary N) is 1. The maximum absolute atomic E-state index is 5.94. The third kappa shape index (κ3) is 4.76. The summed E-state index contributed by atoms with van der Waals surface area (Å²) < 4.78 is 0. The molecule has 0 amide bonds. The van der Waals surface area contributed by atoms with Gasteiger partial charge in [-0.3, -0.25) is 0 Å². The molecule has 1 saturated carbocycles. The Hall–Kier alpha value is 0.210. The van der Waals surface area contributed by atoms with Gasteiger partial charge >= 0.3 is 0 Å². The topological polar surface area (TPSA) is 29.3 Å². The molecule has 3 heteroatoms. The van der Waals surface area contributed by atoms with E-state index >= 15 is 0 Å². The first-order valence-electron chi connectivity index (χ1n) is 7.03. The van der Waals surface area contributed by atoms with Crippen molar-refractivity contribution >= 4 is 12.4 Å². The van der Waals surface area contributed by atoms with Crippen LogP contribution in [0.3, 0.4) is 0 Å². The molecule has 0 aromatic rings. The van der Waals surface area contributed by atoms with Gasteiger partial charge in [-0.05, 0) is 62.9 Å².